The van der Waals surface area contributed by atoms with E-state index >= 15 is 0 Å². The summed E-state index contributed by atoms with van der Waals surface area (Å²) in [6.07, 6.45) is 1.14. The van der Waals surface area contributed by atoms with E-state index in [0.717, 1.165) is 6.20 Å². The second kappa shape index (κ2) is 7.27. The molecule has 8 heteroatoms. The highest BCUT2D eigenvalue weighted by atomic mass is 16.6. The number of hydrogen-bond donors (Lipinski definition) is 2. The molecule has 2 N–H and O–H groups in total. The average molecular weight is 268 g/mol. The first kappa shape index (κ1) is 14.8. The highest BCUT2D eigenvalue weighted by molar-refractivity contribution is 5.83. The minimum Gasteiger partial charge on any atom is -0.383 e. The number of rotatable bonds is 7. The molecule has 1 atom stereocenters. The van der Waals surface area contributed by atoms with Crippen LogP contribution in [0.2, 0.25) is 0 Å². The van der Waals surface area contributed by atoms with Crippen molar-refractivity contribution in [1.82, 2.24) is 10.3 Å². The Kier molecular flexibility index (Phi) is 5.68. The van der Waals surface area contributed by atoms with Gasteiger partial charge in [0.05, 0.1) is 11.5 Å². The van der Waals surface area contributed by atoms with Crippen LogP contribution in [0.3, 0.4) is 0 Å². The van der Waals surface area contributed by atoms with Crippen LogP contribution >= 0.6 is 0 Å². The molecule has 8 nitrogen and oxygen atoms in total. The predicted molar refractivity (Wildman–Crippen MR) is 68.9 cm³/mol. The van der Waals surface area contributed by atoms with Gasteiger partial charge in [-0.05, 0) is 13.0 Å². The lowest BCUT2D eigenvalue weighted by molar-refractivity contribution is -0.385. The number of amides is 1. The summed E-state index contributed by atoms with van der Waals surface area (Å²) < 4.78 is 4.81. The number of nitrogens with one attached hydrogen (secondary N) is 2. The molecule has 1 aromatic rings. The predicted octanol–water partition coefficient (Wildman–Crippen LogP) is 0.553. The van der Waals surface area contributed by atoms with Crippen LogP contribution in [0.4, 0.5) is 11.5 Å². The van der Waals surface area contributed by atoms with Crippen LogP contribution in [0.5, 0.6) is 0 Å². The smallest absolute Gasteiger partial charge is 0.287 e. The number of anilines is 1. The average Bonchev–Trinajstić information content (AvgIpc) is 2.39. The second-order valence-electron chi connectivity index (χ2n) is 3.81. The highest BCUT2D eigenvalue weighted by Gasteiger charge is 2.13. The SMILES string of the molecule is COCCNC(=O)C(C)Nc1ccc([N+](=O)[O-])cn1. The van der Waals surface area contributed by atoms with Crippen molar-refractivity contribution in [3.05, 3.63) is 28.4 Å². The molecule has 0 aliphatic rings. The number of carbonyl (C=O) groups excluding carboxylic acids is 1. The third kappa shape index (κ3) is 4.88. The molecule has 19 heavy (non-hydrogen) atoms. The molecule has 0 radical (unpaired) electrons. The lowest BCUT2D eigenvalue weighted by atomic mass is 10.3. The number of pyridine rings is 1. The van der Waals surface area contributed by atoms with Crippen molar-refractivity contribution in [1.29, 1.82) is 0 Å². The van der Waals surface area contributed by atoms with Gasteiger partial charge in [-0.1, -0.05) is 0 Å². The summed E-state index contributed by atoms with van der Waals surface area (Å²) in [5, 5.41) is 16.0. The Hall–Kier alpha value is -2.22. The van der Waals surface area contributed by atoms with Crippen LogP contribution in [0, 0.1) is 10.1 Å². The van der Waals surface area contributed by atoms with Crippen molar-refractivity contribution in [3.63, 3.8) is 0 Å². The zero-order chi connectivity index (χ0) is 14.3. The molecule has 0 saturated heterocycles. The van der Waals surface area contributed by atoms with E-state index in [1.807, 2.05) is 0 Å². The maximum absolute atomic E-state index is 11.6. The quantitative estimate of drug-likeness (QED) is 0.425. The van der Waals surface area contributed by atoms with E-state index < -0.39 is 11.0 Å². The molecule has 104 valence electrons. The van der Waals surface area contributed by atoms with Gasteiger partial charge in [0.25, 0.3) is 5.69 Å². The lowest BCUT2D eigenvalue weighted by Crippen LogP contribution is -2.39. The molecule has 0 aliphatic carbocycles. The Balaban J connectivity index is 2.49. The molecule has 1 rings (SSSR count). The standard InChI is InChI=1S/C11H16N4O4/c1-8(11(16)12-5-6-19-2)14-10-4-3-9(7-13-10)15(17)18/h3-4,7-8H,5-6H2,1-2H3,(H,12,16)(H,13,14). The summed E-state index contributed by atoms with van der Waals surface area (Å²) in [5.41, 5.74) is -0.0947. The van der Waals surface area contributed by atoms with E-state index in [9.17, 15) is 14.9 Å². The van der Waals surface area contributed by atoms with E-state index in [1.54, 1.807) is 14.0 Å². The fraction of sp³-hybridized carbons (Fsp3) is 0.455. The van der Waals surface area contributed by atoms with Crippen LogP contribution in [0.15, 0.2) is 18.3 Å². The van der Waals surface area contributed by atoms with Crippen LogP contribution < -0.4 is 10.6 Å². The van der Waals surface area contributed by atoms with Crippen molar-refractivity contribution in [3.8, 4) is 0 Å². The van der Waals surface area contributed by atoms with E-state index in [4.69, 9.17) is 4.74 Å². The first-order valence-electron chi connectivity index (χ1n) is 5.68. The number of nitrogens with zero attached hydrogens (tertiary/aromatic N) is 2. The first-order chi connectivity index (χ1) is 9.04. The molecule has 0 saturated carbocycles. The molecule has 0 aromatic carbocycles. The van der Waals surface area contributed by atoms with Crippen LogP contribution in [-0.2, 0) is 9.53 Å². The molecular formula is C11H16N4O4. The Morgan fingerprint density at radius 3 is 2.84 bits per heavy atom. The van der Waals surface area contributed by atoms with E-state index in [0.29, 0.717) is 19.0 Å². The van der Waals surface area contributed by atoms with Crippen LogP contribution in [0.1, 0.15) is 6.92 Å². The summed E-state index contributed by atoms with van der Waals surface area (Å²) in [6, 6.07) is 2.29. The van der Waals surface area contributed by atoms with Gasteiger partial charge in [-0.15, -0.1) is 0 Å². The molecule has 1 aromatic heterocycles. The number of ether oxygens (including phenoxy) is 1. The summed E-state index contributed by atoms with van der Waals surface area (Å²) in [4.78, 5) is 25.4. The van der Waals surface area contributed by atoms with Gasteiger partial charge in [0.15, 0.2) is 0 Å². The van der Waals surface area contributed by atoms with Crippen LogP contribution in [0.25, 0.3) is 0 Å². The van der Waals surface area contributed by atoms with Crippen molar-refractivity contribution in [2.24, 2.45) is 0 Å². The topological polar surface area (TPSA) is 106 Å². The van der Waals surface area contributed by atoms with E-state index in [2.05, 4.69) is 15.6 Å². The second-order valence-corrected chi connectivity index (χ2v) is 3.81. The summed E-state index contributed by atoms with van der Waals surface area (Å²) >= 11 is 0. The number of nitro groups is 1. The third-order valence-electron chi connectivity index (χ3n) is 2.32. The van der Waals surface area contributed by atoms with Gasteiger partial charge < -0.3 is 15.4 Å². The zero-order valence-electron chi connectivity index (χ0n) is 10.8. The molecule has 0 bridgehead atoms. The van der Waals surface area contributed by atoms with Gasteiger partial charge in [-0.25, -0.2) is 4.98 Å². The maximum atomic E-state index is 11.6. The largest absolute Gasteiger partial charge is 0.383 e. The molecular weight excluding hydrogens is 252 g/mol. The van der Waals surface area contributed by atoms with Gasteiger partial charge in [-0.2, -0.15) is 0 Å². The molecule has 1 heterocycles. The van der Waals surface area contributed by atoms with Crippen LogP contribution in [-0.4, -0.2) is 42.1 Å². The normalized spacial score (nSPS) is 11.7. The van der Waals surface area contributed by atoms with Crippen molar-refractivity contribution in [2.45, 2.75) is 13.0 Å². The maximum Gasteiger partial charge on any atom is 0.287 e. The summed E-state index contributed by atoms with van der Waals surface area (Å²) in [5.74, 6) is 0.206. The minimum absolute atomic E-state index is 0.0947. The number of carbonyl (C=O) groups is 1. The summed E-state index contributed by atoms with van der Waals surface area (Å²) in [6.45, 7) is 2.54. The fourth-order valence-electron chi connectivity index (χ4n) is 1.30. The zero-order valence-corrected chi connectivity index (χ0v) is 10.8. The molecule has 1 unspecified atom stereocenters. The Morgan fingerprint density at radius 2 is 2.32 bits per heavy atom. The first-order valence-corrected chi connectivity index (χ1v) is 5.68. The number of hydrogen-bond acceptors (Lipinski definition) is 6. The van der Waals surface area contributed by atoms with Gasteiger partial charge in [-0.3, -0.25) is 14.9 Å². The molecule has 0 spiro atoms. The molecule has 0 fully saturated rings. The van der Waals surface area contributed by atoms with Crippen molar-refractivity contribution in [2.75, 3.05) is 25.6 Å². The van der Waals surface area contributed by atoms with Crippen molar-refractivity contribution < 1.29 is 14.5 Å². The lowest BCUT2D eigenvalue weighted by Gasteiger charge is -2.14. The van der Waals surface area contributed by atoms with E-state index in [-0.39, 0.29) is 11.6 Å². The Labute approximate surface area is 110 Å². The van der Waals surface area contributed by atoms with E-state index in [1.165, 1.54) is 12.1 Å². The van der Waals surface area contributed by atoms with Gasteiger partial charge in [0.1, 0.15) is 18.1 Å². The number of aromatic nitrogens is 1. The monoisotopic (exact) mass is 268 g/mol. The minimum atomic E-state index is -0.530. The van der Waals surface area contributed by atoms with Crippen molar-refractivity contribution >= 4 is 17.4 Å². The third-order valence-corrected chi connectivity index (χ3v) is 2.32. The molecule has 0 aliphatic heterocycles. The summed E-state index contributed by atoms with van der Waals surface area (Å²) in [7, 11) is 1.55. The van der Waals surface area contributed by atoms with Gasteiger partial charge >= 0.3 is 0 Å². The fourth-order valence-corrected chi connectivity index (χ4v) is 1.30. The Bertz CT molecular complexity index is 435. The molecule has 1 amide bonds. The van der Waals surface area contributed by atoms with Gasteiger partial charge in [0, 0.05) is 19.7 Å². The highest BCUT2D eigenvalue weighted by Crippen LogP contribution is 2.12. The number of methoxy groups -OCH3 is 1. The Morgan fingerprint density at radius 1 is 1.58 bits per heavy atom. The van der Waals surface area contributed by atoms with Gasteiger partial charge in [0.2, 0.25) is 5.91 Å².